The van der Waals surface area contributed by atoms with Gasteiger partial charge >= 0.3 is 6.55 Å². The lowest BCUT2D eigenvalue weighted by atomic mass is 9.95. The first kappa shape index (κ1) is 22.2. The van der Waals surface area contributed by atoms with Crippen molar-refractivity contribution in [2.45, 2.75) is 19.6 Å². The fourth-order valence-electron chi connectivity index (χ4n) is 3.22. The number of hydrogen-bond donors (Lipinski definition) is 1. The van der Waals surface area contributed by atoms with Crippen molar-refractivity contribution >= 4 is 28.3 Å². The number of aromatic nitrogens is 5. The molecule has 0 radical (unpaired) electrons. The van der Waals surface area contributed by atoms with Crippen LogP contribution in [0, 0.1) is 23.0 Å². The Kier molecular flexibility index (Phi) is 5.73. The van der Waals surface area contributed by atoms with E-state index in [1.165, 1.54) is 13.0 Å². The van der Waals surface area contributed by atoms with Crippen molar-refractivity contribution in [3.8, 4) is 22.9 Å². The highest BCUT2D eigenvalue weighted by molar-refractivity contribution is 6.31. The summed E-state index contributed by atoms with van der Waals surface area (Å²) in [4.78, 5) is 11.8. The molecule has 0 spiro atoms. The van der Waals surface area contributed by atoms with Crippen LogP contribution in [0.1, 0.15) is 31.0 Å². The minimum atomic E-state index is -2.88. The van der Waals surface area contributed by atoms with E-state index in [2.05, 4.69) is 20.1 Å². The van der Waals surface area contributed by atoms with Crippen LogP contribution in [0.2, 0.25) is 5.02 Å². The van der Waals surface area contributed by atoms with Gasteiger partial charge in [0.15, 0.2) is 17.7 Å². The van der Waals surface area contributed by atoms with E-state index in [0.717, 1.165) is 24.8 Å². The fraction of sp³-hybridized carbons (Fsp3) is 0.150. The Bertz CT molecular complexity index is 1420. The Balaban J connectivity index is 1.91. The van der Waals surface area contributed by atoms with Crippen molar-refractivity contribution in [3.63, 3.8) is 0 Å². The number of nitriles is 1. The van der Waals surface area contributed by atoms with Crippen LogP contribution in [0.3, 0.4) is 0 Å². The number of fused-ring (bicyclic) bond motifs is 1. The molecular weight excluding hydrogens is 466 g/mol. The maximum atomic E-state index is 14.8. The summed E-state index contributed by atoms with van der Waals surface area (Å²) >= 11 is 5.72. The van der Waals surface area contributed by atoms with Gasteiger partial charge < -0.3 is 10.5 Å². The van der Waals surface area contributed by atoms with Gasteiger partial charge in [0.2, 0.25) is 0 Å². The van der Waals surface area contributed by atoms with Crippen molar-refractivity contribution in [2.75, 3.05) is 5.73 Å². The molecule has 0 unspecified atom stereocenters. The van der Waals surface area contributed by atoms with Gasteiger partial charge in [-0.05, 0) is 25.1 Å². The number of ether oxygens (including phenoxy) is 1. The molecule has 8 nitrogen and oxygen atoms in total. The van der Waals surface area contributed by atoms with Gasteiger partial charge in [-0.15, -0.1) is 5.10 Å². The van der Waals surface area contributed by atoms with Gasteiger partial charge in [-0.1, -0.05) is 11.6 Å². The zero-order chi connectivity index (χ0) is 23.9. The minimum absolute atomic E-state index is 0.00102. The summed E-state index contributed by atoms with van der Waals surface area (Å²) in [5.41, 5.74) is 5.79. The molecule has 2 aromatic heterocycles. The lowest BCUT2D eigenvalue weighted by Gasteiger charge is -2.18. The molecule has 0 aliphatic carbocycles. The third-order valence-corrected chi connectivity index (χ3v) is 5.07. The van der Waals surface area contributed by atoms with Gasteiger partial charge in [-0.2, -0.15) is 18.7 Å². The lowest BCUT2D eigenvalue weighted by Crippen LogP contribution is -2.09. The summed E-state index contributed by atoms with van der Waals surface area (Å²) in [6, 6.07) is 5.25. The zero-order valence-electron chi connectivity index (χ0n) is 16.6. The van der Waals surface area contributed by atoms with Crippen LogP contribution in [-0.2, 0) is 0 Å². The van der Waals surface area contributed by atoms with Gasteiger partial charge in [-0.25, -0.2) is 23.7 Å². The number of nitrogen functional groups attached to an aromatic ring is 1. The van der Waals surface area contributed by atoms with E-state index in [1.807, 2.05) is 6.07 Å². The van der Waals surface area contributed by atoms with Crippen molar-refractivity contribution in [2.24, 2.45) is 0 Å². The largest absolute Gasteiger partial charge is 0.482 e. The molecule has 168 valence electrons. The molecule has 0 fully saturated rings. The van der Waals surface area contributed by atoms with E-state index in [0.29, 0.717) is 4.68 Å². The summed E-state index contributed by atoms with van der Waals surface area (Å²) in [7, 11) is 0. The van der Waals surface area contributed by atoms with E-state index in [1.54, 1.807) is 0 Å². The number of anilines is 1. The number of nitrogens with zero attached hydrogens (tertiary/aromatic N) is 6. The van der Waals surface area contributed by atoms with Gasteiger partial charge in [0.1, 0.15) is 35.1 Å². The maximum Gasteiger partial charge on any atom is 0.334 e. The monoisotopic (exact) mass is 477 g/mol. The van der Waals surface area contributed by atoms with Crippen LogP contribution in [0.15, 0.2) is 30.9 Å². The molecule has 1 atom stereocenters. The van der Waals surface area contributed by atoms with Gasteiger partial charge in [0.25, 0.3) is 0 Å². The molecule has 2 N–H and O–H groups in total. The van der Waals surface area contributed by atoms with Crippen LogP contribution >= 0.6 is 11.6 Å². The molecule has 0 aliphatic rings. The van der Waals surface area contributed by atoms with Gasteiger partial charge in [-0.3, -0.25) is 0 Å². The van der Waals surface area contributed by atoms with Crippen LogP contribution < -0.4 is 10.5 Å². The van der Waals surface area contributed by atoms with Crippen LogP contribution in [-0.4, -0.2) is 24.7 Å². The van der Waals surface area contributed by atoms with E-state index in [-0.39, 0.29) is 45.0 Å². The van der Waals surface area contributed by atoms with Crippen molar-refractivity contribution in [1.82, 2.24) is 24.7 Å². The molecule has 0 saturated heterocycles. The molecule has 0 amide bonds. The smallest absolute Gasteiger partial charge is 0.334 e. The van der Waals surface area contributed by atoms with E-state index < -0.39 is 29.3 Å². The van der Waals surface area contributed by atoms with Crippen molar-refractivity contribution in [3.05, 3.63) is 58.9 Å². The molecule has 2 aromatic carbocycles. The molecule has 0 aliphatic heterocycles. The zero-order valence-corrected chi connectivity index (χ0v) is 17.4. The van der Waals surface area contributed by atoms with Crippen molar-refractivity contribution < 1.29 is 22.3 Å². The molecule has 13 heteroatoms. The number of rotatable bonds is 5. The van der Waals surface area contributed by atoms with Crippen molar-refractivity contribution in [1.29, 1.82) is 5.26 Å². The molecule has 2 heterocycles. The number of nitrogens with two attached hydrogens (primary N) is 1. The van der Waals surface area contributed by atoms with E-state index in [9.17, 15) is 22.8 Å². The Hall–Kier alpha value is -3.98. The van der Waals surface area contributed by atoms with Crippen LogP contribution in [0.5, 0.6) is 5.75 Å². The van der Waals surface area contributed by atoms with Gasteiger partial charge in [0.05, 0.1) is 22.5 Å². The fourth-order valence-corrected chi connectivity index (χ4v) is 3.38. The number of hydrogen-bond acceptors (Lipinski definition) is 7. The quantitative estimate of drug-likeness (QED) is 0.324. The number of benzene rings is 2. The first-order chi connectivity index (χ1) is 15.7. The predicted octanol–water partition coefficient (Wildman–Crippen LogP) is 4.81. The van der Waals surface area contributed by atoms with E-state index >= 15 is 0 Å². The average Bonchev–Trinajstić information content (AvgIpc) is 3.29. The number of alkyl halides is 2. The molecule has 4 aromatic rings. The summed E-state index contributed by atoms with van der Waals surface area (Å²) < 4.78 is 60.3. The standard InChI is InChI=1S/C20H12ClF4N7O/c1-8(19-30-7-32(31-19)20(24)25)33-12-4-9(5-26)13(17-14(12)18(27)29-6-28-17)10-2-3-11(22)15(21)16(10)23/h2-4,6-8,20H,1H3,(H2,27,28,29)/t8-/m1/s1. The lowest BCUT2D eigenvalue weighted by molar-refractivity contribution is 0.0550. The van der Waals surface area contributed by atoms with Crippen LogP contribution in [0.25, 0.3) is 22.0 Å². The Labute approximate surface area is 188 Å². The molecule has 0 bridgehead atoms. The summed E-state index contributed by atoms with van der Waals surface area (Å²) in [6.45, 7) is -1.39. The van der Waals surface area contributed by atoms with Gasteiger partial charge in [0, 0.05) is 11.1 Å². The second-order valence-corrected chi connectivity index (χ2v) is 7.11. The second-order valence-electron chi connectivity index (χ2n) is 6.74. The summed E-state index contributed by atoms with van der Waals surface area (Å²) in [5, 5.41) is 12.8. The third kappa shape index (κ3) is 3.87. The highest BCUT2D eigenvalue weighted by Crippen LogP contribution is 2.41. The highest BCUT2D eigenvalue weighted by Gasteiger charge is 2.24. The molecule has 33 heavy (non-hydrogen) atoms. The summed E-state index contributed by atoms with van der Waals surface area (Å²) in [6.07, 6.45) is 1.01. The average molecular weight is 478 g/mol. The second kappa shape index (κ2) is 8.51. The first-order valence-corrected chi connectivity index (χ1v) is 9.57. The Morgan fingerprint density at radius 2 is 1.97 bits per heavy atom. The first-order valence-electron chi connectivity index (χ1n) is 9.19. The Morgan fingerprint density at radius 3 is 2.64 bits per heavy atom. The van der Waals surface area contributed by atoms with E-state index in [4.69, 9.17) is 22.1 Å². The number of halogens is 5. The molecule has 4 rings (SSSR count). The maximum absolute atomic E-state index is 14.8. The predicted molar refractivity (Wildman–Crippen MR) is 109 cm³/mol. The summed E-state index contributed by atoms with van der Waals surface area (Å²) in [5.74, 6) is -2.17. The SMILES string of the molecule is C[C@@H](Oc1cc(C#N)c(-c2ccc(F)c(Cl)c2F)c2ncnc(N)c12)c1ncn(C(F)F)n1. The topological polar surface area (TPSA) is 116 Å². The normalized spacial score (nSPS) is 12.2. The molecular formula is C20H12ClF4N7O. The third-order valence-electron chi connectivity index (χ3n) is 4.72. The van der Waals surface area contributed by atoms with Crippen LogP contribution in [0.4, 0.5) is 23.4 Å². The Morgan fingerprint density at radius 1 is 1.21 bits per heavy atom. The molecule has 0 saturated carbocycles. The minimum Gasteiger partial charge on any atom is -0.482 e. The highest BCUT2D eigenvalue weighted by atomic mass is 35.5.